The summed E-state index contributed by atoms with van der Waals surface area (Å²) in [6.07, 6.45) is 0. The van der Waals surface area contributed by atoms with Crippen LogP contribution in [0.2, 0.25) is 0 Å². The van der Waals surface area contributed by atoms with Crippen molar-refractivity contribution in [2.24, 2.45) is 0 Å². The van der Waals surface area contributed by atoms with E-state index in [9.17, 15) is 14.5 Å². The fourth-order valence-corrected chi connectivity index (χ4v) is 2.06. The maximum absolute atomic E-state index is 13.5. The van der Waals surface area contributed by atoms with Crippen molar-refractivity contribution >= 4 is 33.2 Å². The third-order valence-electron chi connectivity index (χ3n) is 2.48. The summed E-state index contributed by atoms with van der Waals surface area (Å²) in [5.41, 5.74) is 0.471. The molecule has 0 saturated carbocycles. The molecular weight excluding hydrogens is 353 g/mol. The third-order valence-corrected chi connectivity index (χ3v) is 3.40. The molecule has 0 N–H and O–H groups in total. The molecular formula is C13H8BrClFNO3. The molecule has 20 heavy (non-hydrogen) atoms. The minimum absolute atomic E-state index is 0.00561. The van der Waals surface area contributed by atoms with Gasteiger partial charge >= 0.3 is 5.69 Å². The van der Waals surface area contributed by atoms with E-state index in [1.54, 1.807) is 24.3 Å². The van der Waals surface area contributed by atoms with E-state index < -0.39 is 10.7 Å². The molecule has 0 fully saturated rings. The summed E-state index contributed by atoms with van der Waals surface area (Å²) < 4.78 is 18.9. The van der Waals surface area contributed by atoms with Crippen LogP contribution in [-0.2, 0) is 5.88 Å². The Labute approximate surface area is 127 Å². The smallest absolute Gasteiger partial charge is 0.312 e. The van der Waals surface area contributed by atoms with E-state index >= 15 is 0 Å². The molecule has 0 bridgehead atoms. The molecule has 0 heterocycles. The Morgan fingerprint density at radius 2 is 2.10 bits per heavy atom. The maximum atomic E-state index is 13.5. The number of nitro benzene ring substituents is 1. The SMILES string of the molecule is O=[N+]([O-])c1cc(Br)c(F)cc1Oc1cccc(CCl)c1. The van der Waals surface area contributed by atoms with Crippen LogP contribution in [0.1, 0.15) is 5.56 Å². The average molecular weight is 361 g/mol. The zero-order valence-electron chi connectivity index (χ0n) is 9.98. The van der Waals surface area contributed by atoms with Gasteiger partial charge in [0.1, 0.15) is 11.6 Å². The van der Waals surface area contributed by atoms with Gasteiger partial charge in [0, 0.05) is 18.0 Å². The number of nitrogens with zero attached hydrogens (tertiary/aromatic N) is 1. The van der Waals surface area contributed by atoms with E-state index in [1.165, 1.54) is 0 Å². The van der Waals surface area contributed by atoms with Crippen LogP contribution in [0.15, 0.2) is 40.9 Å². The Hall–Kier alpha value is -1.66. The van der Waals surface area contributed by atoms with E-state index in [4.69, 9.17) is 16.3 Å². The van der Waals surface area contributed by atoms with Gasteiger partial charge in [-0.2, -0.15) is 0 Å². The molecule has 0 aliphatic rings. The van der Waals surface area contributed by atoms with Gasteiger partial charge in [0.2, 0.25) is 5.75 Å². The molecule has 2 aromatic rings. The van der Waals surface area contributed by atoms with E-state index in [2.05, 4.69) is 15.9 Å². The first-order valence-corrected chi connectivity index (χ1v) is 6.80. The number of ether oxygens (including phenoxy) is 1. The Kier molecular flexibility index (Phi) is 4.57. The first-order valence-electron chi connectivity index (χ1n) is 5.47. The summed E-state index contributed by atoms with van der Waals surface area (Å²) in [6.45, 7) is 0. The van der Waals surface area contributed by atoms with Crippen molar-refractivity contribution in [3.63, 3.8) is 0 Å². The molecule has 0 aliphatic heterocycles. The predicted octanol–water partition coefficient (Wildman–Crippen LogP) is 5.03. The van der Waals surface area contributed by atoms with Crippen molar-refractivity contribution in [2.45, 2.75) is 5.88 Å². The van der Waals surface area contributed by atoms with Crippen molar-refractivity contribution in [3.8, 4) is 11.5 Å². The fraction of sp³-hybridized carbons (Fsp3) is 0.0769. The fourth-order valence-electron chi connectivity index (χ4n) is 1.56. The van der Waals surface area contributed by atoms with Gasteiger partial charge in [-0.1, -0.05) is 12.1 Å². The summed E-state index contributed by atoms with van der Waals surface area (Å²) in [7, 11) is 0. The summed E-state index contributed by atoms with van der Waals surface area (Å²) in [5.74, 6) is -0.164. The van der Waals surface area contributed by atoms with Crippen LogP contribution in [0.3, 0.4) is 0 Å². The van der Waals surface area contributed by atoms with Crippen LogP contribution < -0.4 is 4.74 Å². The van der Waals surface area contributed by atoms with E-state index in [0.29, 0.717) is 5.75 Å². The Balaban J connectivity index is 2.41. The van der Waals surface area contributed by atoms with Gasteiger partial charge in [-0.3, -0.25) is 10.1 Å². The molecule has 0 spiro atoms. The Bertz CT molecular complexity index is 666. The highest BCUT2D eigenvalue weighted by molar-refractivity contribution is 9.10. The minimum atomic E-state index is -0.640. The maximum Gasteiger partial charge on any atom is 0.312 e. The predicted molar refractivity (Wildman–Crippen MR) is 76.8 cm³/mol. The number of nitro groups is 1. The second-order valence-corrected chi connectivity index (χ2v) is 5.00. The van der Waals surface area contributed by atoms with Gasteiger partial charge in [-0.25, -0.2) is 4.39 Å². The number of halogens is 3. The van der Waals surface area contributed by atoms with Crippen LogP contribution >= 0.6 is 27.5 Å². The lowest BCUT2D eigenvalue weighted by atomic mass is 10.2. The van der Waals surface area contributed by atoms with Gasteiger partial charge < -0.3 is 4.74 Å². The zero-order chi connectivity index (χ0) is 14.7. The molecule has 2 rings (SSSR count). The number of hydrogen-bond donors (Lipinski definition) is 0. The van der Waals surface area contributed by atoms with Crippen LogP contribution in [0.25, 0.3) is 0 Å². The van der Waals surface area contributed by atoms with Gasteiger partial charge in [-0.05, 0) is 33.6 Å². The molecule has 0 aromatic heterocycles. The molecule has 0 aliphatic carbocycles. The molecule has 7 heteroatoms. The number of rotatable bonds is 4. The summed E-state index contributed by atoms with van der Waals surface area (Å²) >= 11 is 8.60. The number of benzene rings is 2. The van der Waals surface area contributed by atoms with Crippen LogP contribution in [0.4, 0.5) is 10.1 Å². The third kappa shape index (κ3) is 3.26. The quantitative estimate of drug-likeness (QED) is 0.436. The van der Waals surface area contributed by atoms with Crippen LogP contribution in [0.5, 0.6) is 11.5 Å². The average Bonchev–Trinajstić information content (AvgIpc) is 2.42. The molecule has 0 saturated heterocycles. The Morgan fingerprint density at radius 3 is 2.75 bits per heavy atom. The monoisotopic (exact) mass is 359 g/mol. The highest BCUT2D eigenvalue weighted by Gasteiger charge is 2.19. The molecule has 0 radical (unpaired) electrons. The van der Waals surface area contributed by atoms with E-state index in [0.717, 1.165) is 17.7 Å². The van der Waals surface area contributed by atoms with Gasteiger partial charge in [-0.15, -0.1) is 11.6 Å². The lowest BCUT2D eigenvalue weighted by Crippen LogP contribution is -1.95. The van der Waals surface area contributed by atoms with Gasteiger partial charge in [0.25, 0.3) is 0 Å². The van der Waals surface area contributed by atoms with Crippen molar-refractivity contribution in [2.75, 3.05) is 0 Å². The first kappa shape index (κ1) is 14.7. The molecule has 2 aromatic carbocycles. The largest absolute Gasteiger partial charge is 0.450 e. The summed E-state index contributed by atoms with van der Waals surface area (Å²) in [4.78, 5) is 10.3. The van der Waals surface area contributed by atoms with Gasteiger partial charge in [0.15, 0.2) is 0 Å². The molecule has 4 nitrogen and oxygen atoms in total. The second-order valence-electron chi connectivity index (χ2n) is 3.87. The normalized spacial score (nSPS) is 10.3. The highest BCUT2D eigenvalue weighted by atomic mass is 79.9. The molecule has 104 valence electrons. The van der Waals surface area contributed by atoms with Crippen molar-refractivity contribution in [1.82, 2.24) is 0 Å². The van der Waals surface area contributed by atoms with Crippen molar-refractivity contribution < 1.29 is 14.1 Å². The zero-order valence-corrected chi connectivity index (χ0v) is 12.3. The number of hydrogen-bond acceptors (Lipinski definition) is 3. The first-order chi connectivity index (χ1) is 9.51. The lowest BCUT2D eigenvalue weighted by molar-refractivity contribution is -0.385. The molecule has 0 amide bonds. The van der Waals surface area contributed by atoms with Crippen molar-refractivity contribution in [1.29, 1.82) is 0 Å². The molecule has 0 unspecified atom stereocenters. The van der Waals surface area contributed by atoms with Crippen LogP contribution in [0, 0.1) is 15.9 Å². The van der Waals surface area contributed by atoms with Crippen molar-refractivity contribution in [3.05, 3.63) is 62.4 Å². The standard InChI is InChI=1S/C13H8BrClFNO3/c14-10-5-12(17(18)19)13(6-11(10)16)20-9-3-1-2-8(4-9)7-15/h1-6H,7H2. The topological polar surface area (TPSA) is 52.4 Å². The lowest BCUT2D eigenvalue weighted by Gasteiger charge is -2.08. The Morgan fingerprint density at radius 1 is 1.35 bits per heavy atom. The molecule has 0 atom stereocenters. The van der Waals surface area contributed by atoms with Crippen LogP contribution in [-0.4, -0.2) is 4.92 Å². The summed E-state index contributed by atoms with van der Waals surface area (Å²) in [6, 6.07) is 8.77. The summed E-state index contributed by atoms with van der Waals surface area (Å²) in [5, 5.41) is 11.0. The number of alkyl halides is 1. The highest BCUT2D eigenvalue weighted by Crippen LogP contribution is 2.35. The van der Waals surface area contributed by atoms with Gasteiger partial charge in [0.05, 0.1) is 9.40 Å². The minimum Gasteiger partial charge on any atom is -0.450 e. The van der Waals surface area contributed by atoms with E-state index in [-0.39, 0.29) is 21.8 Å². The second kappa shape index (κ2) is 6.19. The van der Waals surface area contributed by atoms with E-state index in [1.807, 2.05) is 0 Å².